The van der Waals surface area contributed by atoms with E-state index in [-0.39, 0.29) is 12.7 Å². The molecule has 3 aliphatic carbocycles. The minimum absolute atomic E-state index is 0.189. The van der Waals surface area contributed by atoms with Crippen LogP contribution in [-0.4, -0.2) is 22.9 Å². The minimum Gasteiger partial charge on any atom is -0.396 e. The first kappa shape index (κ1) is 23.3. The Morgan fingerprint density at radius 2 is 1.90 bits per heavy atom. The Bertz CT molecular complexity index is 539. The van der Waals surface area contributed by atoms with Crippen molar-refractivity contribution >= 4 is 0 Å². The van der Waals surface area contributed by atoms with Crippen molar-refractivity contribution in [2.45, 2.75) is 111 Å². The summed E-state index contributed by atoms with van der Waals surface area (Å²) in [4.78, 5) is 0. The molecular formula is C27H48O2. The minimum atomic E-state index is -0.189. The number of rotatable bonds is 8. The lowest BCUT2D eigenvalue weighted by atomic mass is 9.58. The molecule has 2 nitrogen and oxygen atoms in total. The SMILES string of the molecule is CC(C)C[C@H](C)C1CCC2C(C/C=C3/CCC(CCCO)[C@H](O)C3)CCC[C@@]21C. The van der Waals surface area contributed by atoms with Gasteiger partial charge in [0.25, 0.3) is 0 Å². The summed E-state index contributed by atoms with van der Waals surface area (Å²) < 4.78 is 0. The summed E-state index contributed by atoms with van der Waals surface area (Å²) in [5.41, 5.74) is 2.07. The molecule has 4 unspecified atom stereocenters. The zero-order valence-corrected chi connectivity index (χ0v) is 19.7. The highest BCUT2D eigenvalue weighted by Gasteiger charge is 2.51. The zero-order valence-electron chi connectivity index (χ0n) is 19.7. The van der Waals surface area contributed by atoms with Gasteiger partial charge in [0.2, 0.25) is 0 Å². The molecule has 29 heavy (non-hydrogen) atoms. The van der Waals surface area contributed by atoms with Crippen LogP contribution in [0.4, 0.5) is 0 Å². The first-order valence-electron chi connectivity index (χ1n) is 12.8. The van der Waals surface area contributed by atoms with Gasteiger partial charge < -0.3 is 10.2 Å². The van der Waals surface area contributed by atoms with E-state index in [4.69, 9.17) is 5.11 Å². The summed E-state index contributed by atoms with van der Waals surface area (Å²) in [6.45, 7) is 10.2. The molecule has 0 amide bonds. The van der Waals surface area contributed by atoms with Gasteiger partial charge >= 0.3 is 0 Å². The summed E-state index contributed by atoms with van der Waals surface area (Å²) in [5, 5.41) is 19.6. The van der Waals surface area contributed by atoms with Crippen LogP contribution in [0, 0.1) is 40.9 Å². The highest BCUT2D eigenvalue weighted by molar-refractivity contribution is 5.10. The van der Waals surface area contributed by atoms with E-state index >= 15 is 0 Å². The third-order valence-electron chi connectivity index (χ3n) is 9.17. The van der Waals surface area contributed by atoms with Crippen molar-refractivity contribution in [1.82, 2.24) is 0 Å². The van der Waals surface area contributed by atoms with E-state index in [1.807, 2.05) is 0 Å². The Morgan fingerprint density at radius 1 is 1.10 bits per heavy atom. The molecule has 0 aliphatic heterocycles. The second kappa shape index (κ2) is 10.3. The fourth-order valence-corrected chi connectivity index (χ4v) is 7.80. The maximum Gasteiger partial charge on any atom is 0.0605 e. The molecule has 0 radical (unpaired) electrons. The number of aliphatic hydroxyl groups is 2. The van der Waals surface area contributed by atoms with Crippen LogP contribution >= 0.6 is 0 Å². The van der Waals surface area contributed by atoms with Gasteiger partial charge in [0, 0.05) is 6.61 Å². The predicted octanol–water partition coefficient (Wildman–Crippen LogP) is 6.75. The van der Waals surface area contributed by atoms with Gasteiger partial charge in [-0.1, -0.05) is 45.8 Å². The second-order valence-electron chi connectivity index (χ2n) is 11.6. The molecule has 3 fully saturated rings. The normalized spacial score (nSPS) is 40.4. The van der Waals surface area contributed by atoms with Crippen LogP contribution in [-0.2, 0) is 0 Å². The van der Waals surface area contributed by atoms with Gasteiger partial charge in [-0.3, -0.25) is 0 Å². The van der Waals surface area contributed by atoms with E-state index in [9.17, 15) is 5.11 Å². The maximum atomic E-state index is 10.5. The lowest BCUT2D eigenvalue weighted by molar-refractivity contribution is 0.0273. The van der Waals surface area contributed by atoms with E-state index in [0.717, 1.165) is 61.7 Å². The largest absolute Gasteiger partial charge is 0.396 e. The summed E-state index contributed by atoms with van der Waals surface area (Å²) in [5.74, 6) is 4.78. The van der Waals surface area contributed by atoms with Crippen molar-refractivity contribution in [3.05, 3.63) is 11.6 Å². The Hall–Kier alpha value is -0.340. The molecular weight excluding hydrogens is 356 g/mol. The standard InChI is InChI=1S/C27H48O2/c1-19(2)17-20(3)24-13-14-25-22(7-5-15-27(24,25)4)11-9-21-10-12-23(8-6-16-28)26(29)18-21/h9,19-20,22-26,28-29H,5-8,10-18H2,1-4H3/b21-9-/t20-,22?,23?,24?,25?,26+,27+/m0/s1. The average Bonchev–Trinajstić information content (AvgIpc) is 3.02. The van der Waals surface area contributed by atoms with Crippen LogP contribution in [0.1, 0.15) is 105 Å². The Labute approximate surface area is 180 Å². The number of hydrogen-bond acceptors (Lipinski definition) is 2. The van der Waals surface area contributed by atoms with E-state index in [2.05, 4.69) is 33.8 Å². The van der Waals surface area contributed by atoms with Crippen molar-refractivity contribution in [3.63, 3.8) is 0 Å². The molecule has 3 saturated carbocycles. The average molecular weight is 405 g/mol. The molecule has 0 aromatic carbocycles. The second-order valence-corrected chi connectivity index (χ2v) is 11.6. The predicted molar refractivity (Wildman–Crippen MR) is 123 cm³/mol. The molecule has 0 aromatic rings. The molecule has 3 rings (SSSR count). The van der Waals surface area contributed by atoms with E-state index in [1.165, 1.54) is 50.5 Å². The molecule has 2 N–H and O–H groups in total. The van der Waals surface area contributed by atoms with Gasteiger partial charge in [-0.2, -0.15) is 0 Å². The van der Waals surface area contributed by atoms with Crippen LogP contribution in [0.15, 0.2) is 11.6 Å². The highest BCUT2D eigenvalue weighted by atomic mass is 16.3. The van der Waals surface area contributed by atoms with Crippen LogP contribution in [0.3, 0.4) is 0 Å². The Balaban J connectivity index is 1.58. The van der Waals surface area contributed by atoms with Crippen molar-refractivity contribution in [3.8, 4) is 0 Å². The summed E-state index contributed by atoms with van der Waals surface area (Å²) in [6, 6.07) is 0. The first-order valence-corrected chi connectivity index (χ1v) is 12.8. The Morgan fingerprint density at radius 3 is 2.59 bits per heavy atom. The third kappa shape index (κ3) is 5.48. The van der Waals surface area contributed by atoms with Crippen molar-refractivity contribution in [2.24, 2.45) is 40.9 Å². The van der Waals surface area contributed by atoms with E-state index < -0.39 is 0 Å². The number of fused-ring (bicyclic) bond motifs is 1. The van der Waals surface area contributed by atoms with Crippen LogP contribution < -0.4 is 0 Å². The molecule has 0 spiro atoms. The van der Waals surface area contributed by atoms with E-state index in [0.29, 0.717) is 11.3 Å². The quantitative estimate of drug-likeness (QED) is 0.439. The summed E-state index contributed by atoms with van der Waals surface area (Å²) in [7, 11) is 0. The fraction of sp³-hybridized carbons (Fsp3) is 0.926. The van der Waals surface area contributed by atoms with Gasteiger partial charge in [0.05, 0.1) is 6.10 Å². The summed E-state index contributed by atoms with van der Waals surface area (Å²) in [6.07, 6.45) is 17.1. The molecule has 2 heteroatoms. The number of allylic oxidation sites excluding steroid dienone is 1. The fourth-order valence-electron chi connectivity index (χ4n) is 7.80. The lowest BCUT2D eigenvalue weighted by Crippen LogP contribution is -2.39. The van der Waals surface area contributed by atoms with Gasteiger partial charge in [0.15, 0.2) is 0 Å². The molecule has 0 bridgehead atoms. The first-order chi connectivity index (χ1) is 13.8. The van der Waals surface area contributed by atoms with Gasteiger partial charge in [0.1, 0.15) is 0 Å². The van der Waals surface area contributed by atoms with Crippen molar-refractivity contribution in [1.29, 1.82) is 0 Å². The smallest absolute Gasteiger partial charge is 0.0605 e. The highest BCUT2D eigenvalue weighted by Crippen LogP contribution is 2.60. The maximum absolute atomic E-state index is 10.5. The van der Waals surface area contributed by atoms with Crippen LogP contribution in [0.25, 0.3) is 0 Å². The molecule has 0 saturated heterocycles. The van der Waals surface area contributed by atoms with Gasteiger partial charge in [-0.15, -0.1) is 0 Å². The van der Waals surface area contributed by atoms with Crippen molar-refractivity contribution < 1.29 is 10.2 Å². The third-order valence-corrected chi connectivity index (χ3v) is 9.17. The Kier molecular flexibility index (Phi) is 8.30. The molecule has 7 atom stereocenters. The molecule has 168 valence electrons. The van der Waals surface area contributed by atoms with Crippen LogP contribution in [0.5, 0.6) is 0 Å². The number of aliphatic hydroxyl groups excluding tert-OH is 2. The number of hydrogen-bond donors (Lipinski definition) is 2. The van der Waals surface area contributed by atoms with Gasteiger partial charge in [-0.25, -0.2) is 0 Å². The van der Waals surface area contributed by atoms with Gasteiger partial charge in [-0.05, 0) is 112 Å². The molecule has 3 aliphatic rings. The molecule has 0 aromatic heterocycles. The van der Waals surface area contributed by atoms with Crippen LogP contribution in [0.2, 0.25) is 0 Å². The molecule has 0 heterocycles. The zero-order chi connectivity index (χ0) is 21.0. The van der Waals surface area contributed by atoms with Crippen molar-refractivity contribution in [2.75, 3.05) is 6.61 Å². The summed E-state index contributed by atoms with van der Waals surface area (Å²) >= 11 is 0. The monoisotopic (exact) mass is 404 g/mol. The van der Waals surface area contributed by atoms with E-state index in [1.54, 1.807) is 0 Å². The lowest BCUT2D eigenvalue weighted by Gasteiger charge is -2.47. The topological polar surface area (TPSA) is 40.5 Å².